The maximum atomic E-state index is 12.0. The molecule has 0 aliphatic heterocycles. The third-order valence-corrected chi connectivity index (χ3v) is 3.27. The van der Waals surface area contributed by atoms with Crippen molar-refractivity contribution in [2.24, 2.45) is 5.92 Å². The highest BCUT2D eigenvalue weighted by atomic mass is 16.4. The van der Waals surface area contributed by atoms with E-state index in [2.05, 4.69) is 5.32 Å². The first-order valence-electron chi connectivity index (χ1n) is 6.30. The normalized spacial score (nSPS) is 15.8. The average Bonchev–Trinajstić information content (AvgIpc) is 3.11. The first-order chi connectivity index (χ1) is 8.97. The molecule has 1 aromatic rings. The quantitative estimate of drug-likeness (QED) is 0.754. The first-order valence-corrected chi connectivity index (χ1v) is 6.30. The van der Waals surface area contributed by atoms with Crippen LogP contribution in [0, 0.1) is 12.8 Å². The molecule has 2 rings (SSSR count). The lowest BCUT2D eigenvalue weighted by atomic mass is 10.1. The molecule has 0 radical (unpaired) electrons. The van der Waals surface area contributed by atoms with Crippen LogP contribution in [0.25, 0.3) is 0 Å². The van der Waals surface area contributed by atoms with E-state index in [0.717, 1.165) is 18.4 Å². The Morgan fingerprint density at radius 3 is 2.63 bits per heavy atom. The Kier molecular flexibility index (Phi) is 3.74. The number of carbonyl (C=O) groups is 2. The molecule has 1 amide bonds. The number of amides is 1. The molecular weight excluding hydrogens is 246 g/mol. The van der Waals surface area contributed by atoms with Crippen molar-refractivity contribution >= 4 is 11.9 Å². The van der Waals surface area contributed by atoms with Crippen LogP contribution in [0.4, 0.5) is 0 Å². The molecule has 0 heterocycles. The van der Waals surface area contributed by atoms with Crippen LogP contribution in [0.15, 0.2) is 18.2 Å². The van der Waals surface area contributed by atoms with Gasteiger partial charge >= 0.3 is 5.97 Å². The van der Waals surface area contributed by atoms with E-state index in [1.807, 2.05) is 0 Å². The first kappa shape index (κ1) is 13.4. The maximum absolute atomic E-state index is 12.0. The van der Waals surface area contributed by atoms with Crippen molar-refractivity contribution in [3.05, 3.63) is 29.3 Å². The van der Waals surface area contributed by atoms with Crippen LogP contribution in [0.3, 0.4) is 0 Å². The standard InChI is InChI=1S/C14H17NO4/c1-8-2-5-10(12(16)6-8)13(17)15-11(14(18)19)7-9-3-4-9/h2,5-6,9,11,16H,3-4,7H2,1H3,(H,15,17)(H,18,19). The lowest BCUT2D eigenvalue weighted by Gasteiger charge is -2.14. The molecule has 1 atom stereocenters. The maximum Gasteiger partial charge on any atom is 0.326 e. The SMILES string of the molecule is Cc1ccc(C(=O)NC(CC2CC2)C(=O)O)c(O)c1. The van der Waals surface area contributed by atoms with Gasteiger partial charge in [0, 0.05) is 0 Å². The van der Waals surface area contributed by atoms with Crippen molar-refractivity contribution in [2.75, 3.05) is 0 Å². The Morgan fingerprint density at radius 1 is 1.42 bits per heavy atom. The largest absolute Gasteiger partial charge is 0.507 e. The molecule has 5 heteroatoms. The Balaban J connectivity index is 2.07. The summed E-state index contributed by atoms with van der Waals surface area (Å²) in [5.41, 5.74) is 0.939. The van der Waals surface area contributed by atoms with Crippen molar-refractivity contribution in [3.63, 3.8) is 0 Å². The van der Waals surface area contributed by atoms with Crippen LogP contribution in [-0.2, 0) is 4.79 Å². The lowest BCUT2D eigenvalue weighted by Crippen LogP contribution is -2.41. The van der Waals surface area contributed by atoms with Gasteiger partial charge in [0.15, 0.2) is 0 Å². The molecule has 1 aliphatic rings. The van der Waals surface area contributed by atoms with Crippen molar-refractivity contribution in [1.29, 1.82) is 0 Å². The summed E-state index contributed by atoms with van der Waals surface area (Å²) in [6.07, 6.45) is 2.50. The van der Waals surface area contributed by atoms with E-state index in [1.165, 1.54) is 12.1 Å². The van der Waals surface area contributed by atoms with Crippen LogP contribution in [-0.4, -0.2) is 28.1 Å². The number of aromatic hydroxyl groups is 1. The Hall–Kier alpha value is -2.04. The molecule has 3 N–H and O–H groups in total. The van der Waals surface area contributed by atoms with E-state index in [9.17, 15) is 14.7 Å². The highest BCUT2D eigenvalue weighted by Crippen LogP contribution is 2.33. The monoisotopic (exact) mass is 263 g/mol. The molecule has 5 nitrogen and oxygen atoms in total. The molecule has 1 aliphatic carbocycles. The summed E-state index contributed by atoms with van der Waals surface area (Å²) in [7, 11) is 0. The Morgan fingerprint density at radius 2 is 2.11 bits per heavy atom. The number of aryl methyl sites for hydroxylation is 1. The van der Waals surface area contributed by atoms with Gasteiger partial charge in [-0.2, -0.15) is 0 Å². The van der Waals surface area contributed by atoms with Crippen molar-refractivity contribution in [2.45, 2.75) is 32.2 Å². The van der Waals surface area contributed by atoms with Crippen LogP contribution in [0.2, 0.25) is 0 Å². The summed E-state index contributed by atoms with van der Waals surface area (Å²) in [6.45, 7) is 1.80. The lowest BCUT2D eigenvalue weighted by molar-refractivity contribution is -0.139. The highest BCUT2D eigenvalue weighted by Gasteiger charge is 2.30. The molecule has 0 saturated heterocycles. The number of hydrogen-bond acceptors (Lipinski definition) is 3. The number of benzene rings is 1. The molecule has 1 saturated carbocycles. The van der Waals surface area contributed by atoms with E-state index >= 15 is 0 Å². The molecule has 0 spiro atoms. The second-order valence-electron chi connectivity index (χ2n) is 5.06. The molecule has 0 bridgehead atoms. The number of aliphatic carboxylic acids is 1. The molecule has 0 aromatic heterocycles. The summed E-state index contributed by atoms with van der Waals surface area (Å²) in [6, 6.07) is 3.79. The van der Waals surface area contributed by atoms with Gasteiger partial charge in [0.1, 0.15) is 11.8 Å². The molecular formula is C14H17NO4. The second-order valence-corrected chi connectivity index (χ2v) is 5.06. The number of nitrogens with one attached hydrogen (secondary N) is 1. The van der Waals surface area contributed by atoms with Gasteiger partial charge in [0.2, 0.25) is 0 Å². The van der Waals surface area contributed by atoms with Gasteiger partial charge in [-0.05, 0) is 37.0 Å². The van der Waals surface area contributed by atoms with Crippen molar-refractivity contribution < 1.29 is 19.8 Å². The molecule has 1 aromatic carbocycles. The topological polar surface area (TPSA) is 86.6 Å². The summed E-state index contributed by atoms with van der Waals surface area (Å²) < 4.78 is 0. The summed E-state index contributed by atoms with van der Waals surface area (Å²) >= 11 is 0. The van der Waals surface area contributed by atoms with Crippen LogP contribution < -0.4 is 5.32 Å². The van der Waals surface area contributed by atoms with Gasteiger partial charge in [-0.1, -0.05) is 18.9 Å². The zero-order valence-electron chi connectivity index (χ0n) is 10.7. The van der Waals surface area contributed by atoms with E-state index in [1.54, 1.807) is 13.0 Å². The molecule has 1 fully saturated rings. The predicted molar refractivity (Wildman–Crippen MR) is 69.1 cm³/mol. The third kappa shape index (κ3) is 3.47. The van der Waals surface area contributed by atoms with Gasteiger partial charge in [-0.3, -0.25) is 4.79 Å². The number of carboxylic acid groups (broad SMARTS) is 1. The Labute approximate surface area is 111 Å². The zero-order valence-corrected chi connectivity index (χ0v) is 10.7. The van der Waals surface area contributed by atoms with Gasteiger partial charge in [-0.25, -0.2) is 4.79 Å². The fourth-order valence-electron chi connectivity index (χ4n) is 1.98. The summed E-state index contributed by atoms with van der Waals surface area (Å²) in [4.78, 5) is 23.1. The fourth-order valence-corrected chi connectivity index (χ4v) is 1.98. The van der Waals surface area contributed by atoms with E-state index in [-0.39, 0.29) is 11.3 Å². The average molecular weight is 263 g/mol. The minimum Gasteiger partial charge on any atom is -0.507 e. The van der Waals surface area contributed by atoms with E-state index in [4.69, 9.17) is 5.11 Å². The number of hydrogen-bond donors (Lipinski definition) is 3. The van der Waals surface area contributed by atoms with Crippen LogP contribution in [0.5, 0.6) is 5.75 Å². The van der Waals surface area contributed by atoms with Crippen LogP contribution >= 0.6 is 0 Å². The van der Waals surface area contributed by atoms with Gasteiger partial charge < -0.3 is 15.5 Å². The predicted octanol–water partition coefficient (Wildman–Crippen LogP) is 1.68. The minimum atomic E-state index is -1.04. The highest BCUT2D eigenvalue weighted by molar-refractivity contribution is 5.98. The third-order valence-electron chi connectivity index (χ3n) is 3.27. The molecule has 19 heavy (non-hydrogen) atoms. The van der Waals surface area contributed by atoms with Crippen LogP contribution in [0.1, 0.15) is 35.2 Å². The Bertz CT molecular complexity index is 508. The smallest absolute Gasteiger partial charge is 0.326 e. The van der Waals surface area contributed by atoms with Gasteiger partial charge in [0.25, 0.3) is 5.91 Å². The summed E-state index contributed by atoms with van der Waals surface area (Å²) in [5.74, 6) is -1.32. The minimum absolute atomic E-state index is 0.104. The number of carboxylic acids is 1. The summed E-state index contributed by atoms with van der Waals surface area (Å²) in [5, 5.41) is 21.2. The number of rotatable bonds is 5. The number of carbonyl (C=O) groups excluding carboxylic acids is 1. The number of phenolic OH excluding ortho intramolecular Hbond substituents is 1. The van der Waals surface area contributed by atoms with E-state index < -0.39 is 17.9 Å². The fraction of sp³-hybridized carbons (Fsp3) is 0.429. The van der Waals surface area contributed by atoms with E-state index in [0.29, 0.717) is 12.3 Å². The molecule has 102 valence electrons. The second kappa shape index (κ2) is 5.30. The van der Waals surface area contributed by atoms with Crippen molar-refractivity contribution in [1.82, 2.24) is 5.32 Å². The zero-order chi connectivity index (χ0) is 14.0. The van der Waals surface area contributed by atoms with Gasteiger partial charge in [-0.15, -0.1) is 0 Å². The van der Waals surface area contributed by atoms with Gasteiger partial charge in [0.05, 0.1) is 5.56 Å². The molecule has 1 unspecified atom stereocenters. The number of phenols is 1. The van der Waals surface area contributed by atoms with Crippen molar-refractivity contribution in [3.8, 4) is 5.75 Å².